The number of rotatable bonds is 6. The first-order valence-corrected chi connectivity index (χ1v) is 7.07. The maximum atomic E-state index is 11.6. The molecular formula is C10H19NO5S. The smallest absolute Gasteiger partial charge is 0.309 e. The van der Waals surface area contributed by atoms with E-state index in [-0.39, 0.29) is 5.75 Å². The Morgan fingerprint density at radius 1 is 1.35 bits per heavy atom. The summed E-state index contributed by atoms with van der Waals surface area (Å²) in [4.78, 5) is 23.8. The van der Waals surface area contributed by atoms with E-state index in [1.54, 1.807) is 6.92 Å². The van der Waals surface area contributed by atoms with Crippen molar-refractivity contribution in [3.8, 4) is 0 Å². The van der Waals surface area contributed by atoms with Gasteiger partial charge in [0.1, 0.15) is 5.75 Å². The van der Waals surface area contributed by atoms with E-state index >= 15 is 0 Å². The molecule has 6 nitrogen and oxygen atoms in total. The lowest BCUT2D eigenvalue weighted by atomic mass is 10.2. The minimum absolute atomic E-state index is 0.372. The van der Waals surface area contributed by atoms with Crippen LogP contribution < -0.4 is 0 Å². The molecule has 0 aliphatic heterocycles. The number of sulfone groups is 1. The Morgan fingerprint density at radius 2 is 1.88 bits per heavy atom. The number of hydrogen-bond acceptors (Lipinski definition) is 5. The van der Waals surface area contributed by atoms with E-state index in [2.05, 4.69) is 4.74 Å². The van der Waals surface area contributed by atoms with Crippen molar-refractivity contribution in [1.82, 2.24) is 4.90 Å². The fourth-order valence-electron chi connectivity index (χ4n) is 1.18. The molecule has 0 N–H and O–H groups in total. The molecule has 100 valence electrons. The second-order valence-corrected chi connectivity index (χ2v) is 6.00. The van der Waals surface area contributed by atoms with Gasteiger partial charge in [-0.05, 0) is 6.92 Å². The average Bonchev–Trinajstić information content (AvgIpc) is 2.25. The molecule has 0 aromatic carbocycles. The van der Waals surface area contributed by atoms with Gasteiger partial charge in [0.25, 0.3) is 0 Å². The van der Waals surface area contributed by atoms with Crippen molar-refractivity contribution in [2.75, 3.05) is 32.2 Å². The summed E-state index contributed by atoms with van der Waals surface area (Å²) in [5.41, 5.74) is 0. The van der Waals surface area contributed by atoms with Gasteiger partial charge in [-0.25, -0.2) is 8.42 Å². The number of carbonyl (C=O) groups is 2. The summed E-state index contributed by atoms with van der Waals surface area (Å²) in [7, 11) is -0.857. The van der Waals surface area contributed by atoms with E-state index in [1.807, 2.05) is 0 Å². The number of methoxy groups -OCH3 is 1. The predicted molar refractivity (Wildman–Crippen MR) is 63.1 cm³/mol. The zero-order chi connectivity index (χ0) is 13.6. The molecule has 0 aliphatic rings. The van der Waals surface area contributed by atoms with Gasteiger partial charge in [0.05, 0.1) is 18.8 Å². The zero-order valence-corrected chi connectivity index (χ0v) is 11.4. The highest BCUT2D eigenvalue weighted by atomic mass is 32.2. The summed E-state index contributed by atoms with van der Waals surface area (Å²) < 4.78 is 27.7. The lowest BCUT2D eigenvalue weighted by molar-refractivity contribution is -0.144. The third kappa shape index (κ3) is 5.67. The number of carbonyl (C=O) groups excluding carboxylic acids is 2. The van der Waals surface area contributed by atoms with Crippen LogP contribution in [0.4, 0.5) is 0 Å². The van der Waals surface area contributed by atoms with E-state index in [0.29, 0.717) is 6.54 Å². The fourth-order valence-corrected chi connectivity index (χ4v) is 2.80. The lowest BCUT2D eigenvalue weighted by Crippen LogP contribution is -2.35. The van der Waals surface area contributed by atoms with Crippen LogP contribution in [0.5, 0.6) is 0 Å². The second kappa shape index (κ2) is 6.58. The van der Waals surface area contributed by atoms with E-state index in [1.165, 1.54) is 26.0 Å². The summed E-state index contributed by atoms with van der Waals surface area (Å²) in [5, 5.41) is 0. The third-order valence-electron chi connectivity index (χ3n) is 2.35. The van der Waals surface area contributed by atoms with Gasteiger partial charge in [-0.15, -0.1) is 0 Å². The summed E-state index contributed by atoms with van der Waals surface area (Å²) in [6.45, 7) is 3.65. The summed E-state index contributed by atoms with van der Waals surface area (Å²) in [5.74, 6) is -2.76. The van der Waals surface area contributed by atoms with Crippen LogP contribution in [0.25, 0.3) is 0 Å². The van der Waals surface area contributed by atoms with Gasteiger partial charge in [-0.2, -0.15) is 0 Å². The Labute approximate surface area is 102 Å². The van der Waals surface area contributed by atoms with Crippen molar-refractivity contribution in [3.63, 3.8) is 0 Å². The van der Waals surface area contributed by atoms with Crippen molar-refractivity contribution >= 4 is 21.7 Å². The first-order valence-electron chi connectivity index (χ1n) is 5.25. The van der Waals surface area contributed by atoms with Crippen LogP contribution >= 0.6 is 0 Å². The van der Waals surface area contributed by atoms with Crippen LogP contribution in [-0.4, -0.2) is 57.4 Å². The molecule has 1 unspecified atom stereocenters. The van der Waals surface area contributed by atoms with Crippen molar-refractivity contribution in [2.24, 2.45) is 5.92 Å². The molecule has 0 saturated heterocycles. The van der Waals surface area contributed by atoms with Crippen LogP contribution in [0.1, 0.15) is 13.8 Å². The second-order valence-electron chi connectivity index (χ2n) is 3.89. The quantitative estimate of drug-likeness (QED) is 0.615. The van der Waals surface area contributed by atoms with E-state index in [0.717, 1.165) is 0 Å². The molecule has 0 aliphatic carbocycles. The van der Waals surface area contributed by atoms with E-state index < -0.39 is 33.4 Å². The van der Waals surface area contributed by atoms with Crippen molar-refractivity contribution in [3.05, 3.63) is 0 Å². The van der Waals surface area contributed by atoms with Gasteiger partial charge in [0, 0.05) is 13.6 Å². The Bertz CT molecular complexity index is 376. The van der Waals surface area contributed by atoms with Crippen molar-refractivity contribution < 1.29 is 22.7 Å². The van der Waals surface area contributed by atoms with Crippen LogP contribution in [-0.2, 0) is 24.2 Å². The number of amides is 1. The normalized spacial score (nSPS) is 12.9. The maximum Gasteiger partial charge on any atom is 0.309 e. The maximum absolute atomic E-state index is 11.6. The van der Waals surface area contributed by atoms with E-state index in [4.69, 9.17) is 0 Å². The van der Waals surface area contributed by atoms with Crippen LogP contribution in [0.3, 0.4) is 0 Å². The average molecular weight is 265 g/mol. The molecule has 0 aromatic rings. The molecule has 0 aromatic heterocycles. The van der Waals surface area contributed by atoms with Crippen molar-refractivity contribution in [2.45, 2.75) is 13.8 Å². The molecule has 0 saturated carbocycles. The van der Waals surface area contributed by atoms with Gasteiger partial charge < -0.3 is 9.64 Å². The first-order chi connectivity index (χ1) is 7.73. The van der Waals surface area contributed by atoms with E-state index in [9.17, 15) is 18.0 Å². The summed E-state index contributed by atoms with van der Waals surface area (Å²) in [6.07, 6.45) is 0. The molecule has 0 bridgehead atoms. The lowest BCUT2D eigenvalue weighted by Gasteiger charge is -2.15. The van der Waals surface area contributed by atoms with Crippen LogP contribution in [0, 0.1) is 5.92 Å². The predicted octanol–water partition coefficient (Wildman–Crippen LogP) is -0.311. The topological polar surface area (TPSA) is 80.8 Å². The molecule has 1 atom stereocenters. The Kier molecular flexibility index (Phi) is 6.15. The van der Waals surface area contributed by atoms with Gasteiger partial charge in [-0.1, -0.05) is 6.92 Å². The van der Waals surface area contributed by atoms with Gasteiger partial charge in [0.2, 0.25) is 5.91 Å². The number of hydrogen-bond donors (Lipinski definition) is 0. The molecule has 0 rings (SSSR count). The highest BCUT2D eigenvalue weighted by Crippen LogP contribution is 2.05. The molecule has 0 spiro atoms. The summed E-state index contributed by atoms with van der Waals surface area (Å²) in [6, 6.07) is 0. The molecular weight excluding hydrogens is 246 g/mol. The highest BCUT2D eigenvalue weighted by Gasteiger charge is 2.25. The summed E-state index contributed by atoms with van der Waals surface area (Å²) >= 11 is 0. The highest BCUT2D eigenvalue weighted by molar-refractivity contribution is 7.92. The third-order valence-corrected chi connectivity index (χ3v) is 4.05. The SMILES string of the molecule is CCN(C)C(=O)CS(=O)(=O)CC(C)C(=O)OC. The molecule has 0 fully saturated rings. The zero-order valence-electron chi connectivity index (χ0n) is 10.6. The Morgan fingerprint density at radius 3 is 2.29 bits per heavy atom. The number of esters is 1. The Balaban J connectivity index is 4.50. The van der Waals surface area contributed by atoms with Crippen LogP contribution in [0.2, 0.25) is 0 Å². The fraction of sp³-hybridized carbons (Fsp3) is 0.800. The number of ether oxygens (including phenoxy) is 1. The Hall–Kier alpha value is -1.11. The largest absolute Gasteiger partial charge is 0.469 e. The van der Waals surface area contributed by atoms with Crippen molar-refractivity contribution in [1.29, 1.82) is 0 Å². The van der Waals surface area contributed by atoms with Gasteiger partial charge >= 0.3 is 5.97 Å². The molecule has 17 heavy (non-hydrogen) atoms. The standard InChI is InChI=1S/C10H19NO5S/c1-5-11(3)9(12)7-17(14,15)6-8(2)10(13)16-4/h8H,5-7H2,1-4H3. The number of nitrogens with zero attached hydrogens (tertiary/aromatic N) is 1. The molecule has 1 amide bonds. The molecule has 7 heteroatoms. The van der Waals surface area contributed by atoms with Gasteiger partial charge in [0.15, 0.2) is 9.84 Å². The molecule has 0 heterocycles. The minimum Gasteiger partial charge on any atom is -0.469 e. The van der Waals surface area contributed by atoms with Gasteiger partial charge in [-0.3, -0.25) is 9.59 Å². The monoisotopic (exact) mass is 265 g/mol. The minimum atomic E-state index is -3.58. The van der Waals surface area contributed by atoms with Crippen LogP contribution in [0.15, 0.2) is 0 Å². The first kappa shape index (κ1) is 15.9. The molecule has 0 radical (unpaired) electrons.